The molecule has 0 saturated heterocycles. The van der Waals surface area contributed by atoms with E-state index in [0.717, 1.165) is 48.8 Å². The Balaban J connectivity index is 2.65. The summed E-state index contributed by atoms with van der Waals surface area (Å²) in [6, 6.07) is 11.8. The second-order valence-corrected chi connectivity index (χ2v) is 13.0. The van der Waals surface area contributed by atoms with E-state index in [0.29, 0.717) is 23.7 Å². The molecule has 0 radical (unpaired) electrons. The van der Waals surface area contributed by atoms with Gasteiger partial charge in [-0.25, -0.2) is 4.57 Å². The third-order valence-corrected chi connectivity index (χ3v) is 6.43. The third kappa shape index (κ3) is 8.48. The number of unbranched alkanes of at least 4 members (excludes halogenated alkanes) is 2. The number of rotatable bonds is 12. The van der Waals surface area contributed by atoms with Gasteiger partial charge < -0.3 is 9.05 Å². The van der Waals surface area contributed by atoms with Crippen LogP contribution >= 0.6 is 15.0 Å². The average molecular weight is 466 g/mol. The fourth-order valence-corrected chi connectivity index (χ4v) is 4.98. The van der Waals surface area contributed by atoms with Crippen molar-refractivity contribution in [2.24, 2.45) is 0 Å². The molecule has 0 spiro atoms. The first-order valence-electron chi connectivity index (χ1n) is 10.9. The van der Waals surface area contributed by atoms with Crippen molar-refractivity contribution in [2.45, 2.75) is 52.9 Å². The summed E-state index contributed by atoms with van der Waals surface area (Å²) in [6.07, 6.45) is 4.81. The fourth-order valence-electron chi connectivity index (χ4n) is 3.30. The van der Waals surface area contributed by atoms with Gasteiger partial charge in [-0.3, -0.25) is 9.09 Å². The summed E-state index contributed by atoms with van der Waals surface area (Å²) >= 11 is 0. The lowest BCUT2D eigenvalue weighted by Crippen LogP contribution is -2.02. The van der Waals surface area contributed by atoms with Gasteiger partial charge in [-0.1, -0.05) is 56.5 Å². The molecule has 2 aromatic rings. The van der Waals surface area contributed by atoms with Crippen molar-refractivity contribution in [3.63, 3.8) is 0 Å². The maximum atomic E-state index is 13.0. The van der Waals surface area contributed by atoms with Crippen molar-refractivity contribution < 1.29 is 22.7 Å². The first-order valence-corrected chi connectivity index (χ1v) is 15.5. The quantitative estimate of drug-likeness (QED) is 0.235. The Bertz CT molecular complexity index is 964. The summed E-state index contributed by atoms with van der Waals surface area (Å²) in [6.45, 7) is 11.1. The summed E-state index contributed by atoms with van der Waals surface area (Å²) in [5, 5.41) is 0. The summed E-state index contributed by atoms with van der Waals surface area (Å²) in [5.74, 6) is 0.920. The van der Waals surface area contributed by atoms with Gasteiger partial charge in [-0.05, 0) is 49.4 Å². The van der Waals surface area contributed by atoms with Gasteiger partial charge in [0.2, 0.25) is 7.37 Å². The summed E-state index contributed by atoms with van der Waals surface area (Å²) in [5.41, 5.74) is 3.57. The Morgan fingerprint density at radius 1 is 0.871 bits per heavy atom. The summed E-state index contributed by atoms with van der Waals surface area (Å²) in [4.78, 5) is 0. The van der Waals surface area contributed by atoms with E-state index in [4.69, 9.17) is 13.6 Å². The molecule has 0 bridgehead atoms. The van der Waals surface area contributed by atoms with Crippen LogP contribution < -0.4 is 9.05 Å². The zero-order chi connectivity index (χ0) is 23.1. The molecule has 0 aromatic heterocycles. The van der Waals surface area contributed by atoms with Gasteiger partial charge in [0.05, 0.1) is 12.2 Å². The van der Waals surface area contributed by atoms with Crippen molar-refractivity contribution in [1.29, 1.82) is 0 Å². The lowest BCUT2D eigenvalue weighted by Gasteiger charge is -2.22. The molecule has 2 aromatic carbocycles. The molecule has 31 heavy (non-hydrogen) atoms. The highest BCUT2D eigenvalue weighted by atomic mass is 31.2. The van der Waals surface area contributed by atoms with E-state index in [2.05, 4.69) is 6.92 Å². The van der Waals surface area contributed by atoms with E-state index in [-0.39, 0.29) is 0 Å². The zero-order valence-electron chi connectivity index (χ0n) is 19.6. The van der Waals surface area contributed by atoms with Crippen LogP contribution in [0.1, 0.15) is 50.7 Å². The van der Waals surface area contributed by atoms with Crippen LogP contribution in [-0.4, -0.2) is 26.6 Å². The molecule has 0 amide bonds. The molecule has 0 saturated carbocycles. The summed E-state index contributed by atoms with van der Waals surface area (Å²) < 4.78 is 43.1. The monoisotopic (exact) mass is 466 g/mol. The van der Waals surface area contributed by atoms with Crippen molar-refractivity contribution in [3.8, 4) is 22.6 Å². The average Bonchev–Trinajstić information content (AvgIpc) is 2.65. The first-order chi connectivity index (χ1) is 14.5. The summed E-state index contributed by atoms with van der Waals surface area (Å²) in [7, 11) is -6.18. The lowest BCUT2D eigenvalue weighted by atomic mass is 9.98. The number of benzene rings is 2. The van der Waals surface area contributed by atoms with Crippen LogP contribution in [0.25, 0.3) is 11.1 Å². The molecule has 0 aliphatic rings. The van der Waals surface area contributed by atoms with Crippen LogP contribution in [0, 0.1) is 6.92 Å². The largest absolute Gasteiger partial charge is 0.442 e. The van der Waals surface area contributed by atoms with E-state index in [9.17, 15) is 9.13 Å². The SMILES string of the molecule is CCCCCc1cc(OP(C)(C)=O)c(-c2cccc(C)c2)c(OP(C)(=O)OCCC)c1. The maximum absolute atomic E-state index is 13.0. The second-order valence-electron chi connectivity index (χ2n) is 8.33. The predicted molar refractivity (Wildman–Crippen MR) is 130 cm³/mol. The Morgan fingerprint density at radius 3 is 2.13 bits per heavy atom. The third-order valence-electron chi connectivity index (χ3n) is 4.61. The van der Waals surface area contributed by atoms with Crippen LogP contribution in [0.4, 0.5) is 0 Å². The van der Waals surface area contributed by atoms with E-state index in [1.54, 1.807) is 13.3 Å². The number of aryl methyl sites for hydroxylation is 2. The van der Waals surface area contributed by atoms with E-state index in [1.807, 2.05) is 50.2 Å². The minimum atomic E-state index is -3.34. The van der Waals surface area contributed by atoms with Crippen molar-refractivity contribution >= 4 is 15.0 Å². The second kappa shape index (κ2) is 11.4. The van der Waals surface area contributed by atoms with Gasteiger partial charge in [0.1, 0.15) is 11.5 Å². The molecule has 1 atom stereocenters. The Kier molecular flexibility index (Phi) is 9.43. The first kappa shape index (κ1) is 25.7. The van der Waals surface area contributed by atoms with Gasteiger partial charge in [-0.2, -0.15) is 0 Å². The molecular weight excluding hydrogens is 430 g/mol. The molecule has 2 rings (SSSR count). The van der Waals surface area contributed by atoms with Crippen LogP contribution in [0.15, 0.2) is 36.4 Å². The highest BCUT2D eigenvalue weighted by Crippen LogP contribution is 2.52. The molecule has 5 nitrogen and oxygen atoms in total. The van der Waals surface area contributed by atoms with Crippen LogP contribution in [0.5, 0.6) is 11.5 Å². The molecule has 172 valence electrons. The van der Waals surface area contributed by atoms with E-state index in [1.165, 1.54) is 6.66 Å². The molecule has 0 heterocycles. The minimum Gasteiger partial charge on any atom is -0.442 e. The Morgan fingerprint density at radius 2 is 1.55 bits per heavy atom. The molecule has 0 aliphatic carbocycles. The molecular formula is C24H36O5P2. The lowest BCUT2D eigenvalue weighted by molar-refractivity contribution is 0.270. The van der Waals surface area contributed by atoms with Gasteiger partial charge >= 0.3 is 7.60 Å². The molecule has 0 fully saturated rings. The molecule has 0 aliphatic heterocycles. The van der Waals surface area contributed by atoms with Crippen molar-refractivity contribution in [1.82, 2.24) is 0 Å². The van der Waals surface area contributed by atoms with Crippen LogP contribution in [0.2, 0.25) is 0 Å². The van der Waals surface area contributed by atoms with Crippen LogP contribution in [0.3, 0.4) is 0 Å². The number of hydrogen-bond donors (Lipinski definition) is 0. The van der Waals surface area contributed by atoms with Crippen LogP contribution in [-0.2, 0) is 20.1 Å². The highest BCUT2D eigenvalue weighted by Gasteiger charge is 2.25. The van der Waals surface area contributed by atoms with Gasteiger partial charge in [0.25, 0.3) is 0 Å². The topological polar surface area (TPSA) is 61.8 Å². The smallest absolute Gasteiger partial charge is 0.376 e. The van der Waals surface area contributed by atoms with Gasteiger partial charge in [0, 0.05) is 20.0 Å². The minimum absolute atomic E-state index is 0.353. The maximum Gasteiger partial charge on any atom is 0.376 e. The Hall–Kier alpha value is -1.54. The number of hydrogen-bond acceptors (Lipinski definition) is 5. The predicted octanol–water partition coefficient (Wildman–Crippen LogP) is 7.94. The Labute approximate surface area is 187 Å². The van der Waals surface area contributed by atoms with E-state index < -0.39 is 15.0 Å². The van der Waals surface area contributed by atoms with Crippen molar-refractivity contribution in [2.75, 3.05) is 26.6 Å². The molecule has 1 unspecified atom stereocenters. The fraction of sp³-hybridized carbons (Fsp3) is 0.500. The molecule has 0 N–H and O–H groups in total. The van der Waals surface area contributed by atoms with Crippen molar-refractivity contribution in [3.05, 3.63) is 47.5 Å². The van der Waals surface area contributed by atoms with Gasteiger partial charge in [0.15, 0.2) is 0 Å². The van der Waals surface area contributed by atoms with E-state index >= 15 is 0 Å². The van der Waals surface area contributed by atoms with Gasteiger partial charge in [-0.15, -0.1) is 0 Å². The highest BCUT2D eigenvalue weighted by molar-refractivity contribution is 7.57. The zero-order valence-corrected chi connectivity index (χ0v) is 21.4. The molecule has 7 heteroatoms. The standard InChI is InChI=1S/C24H36O5P2/c1-7-9-10-13-20-17-22(28-30(4,5)25)24(21-14-11-12-19(3)16-21)23(18-20)29-31(6,26)27-15-8-2/h11-12,14,16-18H,7-10,13,15H2,1-6H3. The normalized spacial score (nSPS) is 13.6.